The summed E-state index contributed by atoms with van der Waals surface area (Å²) in [6, 6.07) is 0. The van der Waals surface area contributed by atoms with Gasteiger partial charge in [-0.1, -0.05) is 12.5 Å². The molecule has 4 aliphatic rings. The molecule has 0 unspecified atom stereocenters. The quantitative estimate of drug-likeness (QED) is 0.674. The fraction of sp³-hybridized carbons (Fsp3) is 0.778. The summed E-state index contributed by atoms with van der Waals surface area (Å²) in [6.07, 6.45) is 10.3. The van der Waals surface area contributed by atoms with Gasteiger partial charge in [0.2, 0.25) is 0 Å². The third-order valence-electron chi connectivity index (χ3n) is 7.01. The van der Waals surface area contributed by atoms with Gasteiger partial charge in [-0.3, -0.25) is 9.59 Å². The van der Waals surface area contributed by atoms with Gasteiger partial charge in [0.25, 0.3) is 0 Å². The average Bonchev–Trinajstić information content (AvgIpc) is 2.74. The number of allylic oxidation sites excluding steroid dienone is 1. The third-order valence-corrected chi connectivity index (χ3v) is 7.01. The van der Waals surface area contributed by atoms with E-state index in [1.165, 1.54) is 18.4 Å². The molecule has 2 heteroatoms. The van der Waals surface area contributed by atoms with E-state index in [-0.39, 0.29) is 5.41 Å². The Morgan fingerprint density at radius 3 is 2.70 bits per heavy atom. The molecular weight excluding hydrogens is 248 g/mol. The van der Waals surface area contributed by atoms with Crippen molar-refractivity contribution in [3.05, 3.63) is 11.6 Å². The molecule has 0 saturated heterocycles. The normalized spacial score (nSPS) is 47.4. The van der Waals surface area contributed by atoms with Gasteiger partial charge in [-0.05, 0) is 68.3 Å². The molecule has 0 radical (unpaired) electrons. The monoisotopic (exact) mass is 272 g/mol. The number of carbonyl (C=O) groups excluding carboxylic acids is 2. The van der Waals surface area contributed by atoms with E-state index >= 15 is 0 Å². The lowest BCUT2D eigenvalue weighted by Gasteiger charge is -2.52. The molecule has 3 fully saturated rings. The van der Waals surface area contributed by atoms with Crippen LogP contribution in [0.25, 0.3) is 0 Å². The number of fused-ring (bicyclic) bond motifs is 5. The highest BCUT2D eigenvalue weighted by Gasteiger charge is 2.55. The highest BCUT2D eigenvalue weighted by Crippen LogP contribution is 2.60. The Hall–Kier alpha value is -0.920. The fourth-order valence-corrected chi connectivity index (χ4v) is 5.95. The molecule has 5 atom stereocenters. The second-order valence-electron chi connectivity index (χ2n) is 7.72. The first-order valence-electron chi connectivity index (χ1n) is 8.36. The topological polar surface area (TPSA) is 34.1 Å². The fourth-order valence-electron chi connectivity index (χ4n) is 5.95. The molecule has 0 aliphatic heterocycles. The molecule has 20 heavy (non-hydrogen) atoms. The van der Waals surface area contributed by atoms with E-state index in [4.69, 9.17) is 0 Å². The van der Waals surface area contributed by atoms with Crippen molar-refractivity contribution in [1.29, 1.82) is 0 Å². The summed E-state index contributed by atoms with van der Waals surface area (Å²) in [6.45, 7) is 2.24. The van der Waals surface area contributed by atoms with Gasteiger partial charge in [0.1, 0.15) is 5.78 Å². The van der Waals surface area contributed by atoms with Crippen LogP contribution in [0.3, 0.4) is 0 Å². The van der Waals surface area contributed by atoms with Crippen LogP contribution in [0.5, 0.6) is 0 Å². The smallest absolute Gasteiger partial charge is 0.155 e. The highest BCUT2D eigenvalue weighted by molar-refractivity contribution is 5.91. The lowest BCUT2D eigenvalue weighted by Crippen LogP contribution is -2.46. The van der Waals surface area contributed by atoms with E-state index in [9.17, 15) is 9.59 Å². The van der Waals surface area contributed by atoms with Crippen LogP contribution in [0.4, 0.5) is 0 Å². The van der Waals surface area contributed by atoms with Crippen LogP contribution in [0.1, 0.15) is 58.3 Å². The van der Waals surface area contributed by atoms with Crippen molar-refractivity contribution in [3.63, 3.8) is 0 Å². The zero-order valence-electron chi connectivity index (χ0n) is 12.4. The number of Topliss-reactive ketones (excluding diaryl/α,β-unsaturated/α-hetero) is 1. The van der Waals surface area contributed by atoms with Crippen molar-refractivity contribution in [2.45, 2.75) is 58.3 Å². The van der Waals surface area contributed by atoms with E-state index in [2.05, 4.69) is 6.92 Å². The van der Waals surface area contributed by atoms with Crippen molar-refractivity contribution >= 4 is 11.6 Å². The molecule has 0 spiro atoms. The molecule has 0 aromatic carbocycles. The lowest BCUT2D eigenvalue weighted by molar-refractivity contribution is -0.131. The molecule has 0 amide bonds. The number of hydrogen-bond acceptors (Lipinski definition) is 2. The zero-order chi connectivity index (χ0) is 13.9. The first kappa shape index (κ1) is 12.8. The maximum absolute atomic E-state index is 12.3. The van der Waals surface area contributed by atoms with Crippen molar-refractivity contribution in [3.8, 4) is 0 Å². The predicted octanol–water partition coefficient (Wildman–Crippen LogP) is 3.70. The summed E-state index contributed by atoms with van der Waals surface area (Å²) in [5.41, 5.74) is 1.43. The Labute approximate surface area is 121 Å². The molecule has 3 saturated carbocycles. The minimum absolute atomic E-state index is 0.00707. The van der Waals surface area contributed by atoms with Gasteiger partial charge in [0.15, 0.2) is 5.78 Å². The minimum Gasteiger partial charge on any atom is -0.299 e. The number of hydrogen-bond donors (Lipinski definition) is 0. The molecule has 0 bridgehead atoms. The standard InChI is InChI=1S/C18H24O2/c1-18-9-8-14-13-5-3-12(19)10-11(13)2-4-15(14)16(18)6-7-17(18)20/h10,13-16H,2-9H2,1H3/t13-,14+,15+,16-,18+/m0/s1. The van der Waals surface area contributed by atoms with Crippen molar-refractivity contribution in [2.75, 3.05) is 0 Å². The molecule has 4 aliphatic carbocycles. The number of carbonyl (C=O) groups is 2. The van der Waals surface area contributed by atoms with Crippen molar-refractivity contribution in [1.82, 2.24) is 0 Å². The Kier molecular flexibility index (Phi) is 2.74. The van der Waals surface area contributed by atoms with E-state index < -0.39 is 0 Å². The molecule has 0 heterocycles. The molecule has 4 rings (SSSR count). The van der Waals surface area contributed by atoms with Crippen LogP contribution in [0, 0.1) is 29.1 Å². The summed E-state index contributed by atoms with van der Waals surface area (Å²) >= 11 is 0. The molecule has 0 N–H and O–H groups in total. The van der Waals surface area contributed by atoms with E-state index in [1.807, 2.05) is 6.08 Å². The lowest BCUT2D eigenvalue weighted by atomic mass is 9.52. The summed E-state index contributed by atoms with van der Waals surface area (Å²) < 4.78 is 0. The van der Waals surface area contributed by atoms with Crippen LogP contribution in [-0.4, -0.2) is 11.6 Å². The average molecular weight is 272 g/mol. The molecule has 2 nitrogen and oxygen atoms in total. The van der Waals surface area contributed by atoms with Gasteiger partial charge in [-0.15, -0.1) is 0 Å². The summed E-state index contributed by atoms with van der Waals surface area (Å²) in [5.74, 6) is 3.66. The predicted molar refractivity (Wildman–Crippen MR) is 77.1 cm³/mol. The summed E-state index contributed by atoms with van der Waals surface area (Å²) in [4.78, 5) is 23.9. The van der Waals surface area contributed by atoms with Crippen molar-refractivity contribution in [2.24, 2.45) is 29.1 Å². The largest absolute Gasteiger partial charge is 0.299 e. The maximum Gasteiger partial charge on any atom is 0.155 e. The van der Waals surface area contributed by atoms with Gasteiger partial charge >= 0.3 is 0 Å². The van der Waals surface area contributed by atoms with Gasteiger partial charge in [-0.25, -0.2) is 0 Å². The van der Waals surface area contributed by atoms with Crippen LogP contribution in [-0.2, 0) is 9.59 Å². The molecule has 0 aromatic heterocycles. The molecule has 0 aromatic rings. The Morgan fingerprint density at radius 2 is 1.85 bits per heavy atom. The Morgan fingerprint density at radius 1 is 1.00 bits per heavy atom. The summed E-state index contributed by atoms with van der Waals surface area (Å²) in [5, 5.41) is 0. The number of rotatable bonds is 0. The minimum atomic E-state index is -0.00707. The first-order chi connectivity index (χ1) is 9.59. The zero-order valence-corrected chi connectivity index (χ0v) is 12.4. The second kappa shape index (κ2) is 4.29. The van der Waals surface area contributed by atoms with Crippen LogP contribution < -0.4 is 0 Å². The molecule has 108 valence electrons. The van der Waals surface area contributed by atoms with E-state index in [0.717, 1.165) is 50.4 Å². The molecular formula is C18H24O2. The maximum atomic E-state index is 12.3. The van der Waals surface area contributed by atoms with Gasteiger partial charge < -0.3 is 0 Å². The van der Waals surface area contributed by atoms with E-state index in [1.54, 1.807) is 0 Å². The van der Waals surface area contributed by atoms with Crippen LogP contribution in [0.15, 0.2) is 11.6 Å². The van der Waals surface area contributed by atoms with Gasteiger partial charge in [0.05, 0.1) is 0 Å². The Balaban J connectivity index is 1.65. The highest BCUT2D eigenvalue weighted by atomic mass is 16.1. The van der Waals surface area contributed by atoms with Crippen LogP contribution in [0.2, 0.25) is 0 Å². The van der Waals surface area contributed by atoms with Gasteiger partial charge in [-0.2, -0.15) is 0 Å². The summed E-state index contributed by atoms with van der Waals surface area (Å²) in [7, 11) is 0. The van der Waals surface area contributed by atoms with E-state index in [0.29, 0.717) is 23.4 Å². The third kappa shape index (κ3) is 1.63. The van der Waals surface area contributed by atoms with Crippen molar-refractivity contribution < 1.29 is 9.59 Å². The number of ketones is 2. The van der Waals surface area contributed by atoms with Gasteiger partial charge in [0, 0.05) is 18.3 Å². The Bertz CT molecular complexity index is 504. The first-order valence-corrected chi connectivity index (χ1v) is 8.36. The second-order valence-corrected chi connectivity index (χ2v) is 7.72. The SMILES string of the molecule is C[C@@]12CC[C@H]3[C@@H](CCC4=CC(=O)CC[C@@H]43)[C@@H]1CCC2=O. The van der Waals surface area contributed by atoms with Crippen LogP contribution >= 0.6 is 0 Å².